The Labute approximate surface area is 305 Å². The van der Waals surface area contributed by atoms with Crippen LogP contribution in [0.15, 0.2) is 97.3 Å². The van der Waals surface area contributed by atoms with E-state index in [0.717, 1.165) is 32.9 Å². The molecule has 0 atom stereocenters. The zero-order chi connectivity index (χ0) is 37.8. The molecule has 0 aliphatic carbocycles. The van der Waals surface area contributed by atoms with E-state index in [-0.39, 0.29) is 12.2 Å². The van der Waals surface area contributed by atoms with Gasteiger partial charge in [0.05, 0.1) is 57.3 Å². The Kier molecular flexibility index (Phi) is 13.2. The van der Waals surface area contributed by atoms with Crippen LogP contribution in [0.3, 0.4) is 0 Å². The van der Waals surface area contributed by atoms with Gasteiger partial charge >= 0.3 is 17.9 Å². The van der Waals surface area contributed by atoms with Crippen LogP contribution in [0.1, 0.15) is 61.6 Å². The first-order chi connectivity index (χ1) is 25.0. The van der Waals surface area contributed by atoms with Gasteiger partial charge in [-0.2, -0.15) is 5.26 Å². The van der Waals surface area contributed by atoms with Crippen LogP contribution in [0, 0.1) is 25.2 Å². The van der Waals surface area contributed by atoms with Crippen molar-refractivity contribution in [1.82, 2.24) is 9.97 Å². The molecule has 6 rings (SSSR count). The molecule has 0 spiro atoms. The first kappa shape index (κ1) is 38.3. The quantitative estimate of drug-likeness (QED) is 0.106. The average Bonchev–Trinajstić information content (AvgIpc) is 3.13. The first-order valence-electron chi connectivity index (χ1n) is 16.1. The van der Waals surface area contributed by atoms with Gasteiger partial charge in [0.25, 0.3) is 0 Å². The number of ether oxygens (including phenoxy) is 2. The number of benzene rings is 4. The molecule has 0 saturated carbocycles. The van der Waals surface area contributed by atoms with Gasteiger partial charge in [-0.15, -0.1) is 0 Å². The number of hydrogen-bond acceptors (Lipinski definition) is 10. The number of fused-ring (bicyclic) bond motifs is 2. The maximum absolute atomic E-state index is 12.4. The summed E-state index contributed by atoms with van der Waals surface area (Å²) in [6.45, 7) is 8.05. The highest BCUT2D eigenvalue weighted by atomic mass is 35.5. The fourth-order valence-corrected chi connectivity index (χ4v) is 5.22. The minimum absolute atomic E-state index is 0.155. The number of rotatable bonds is 7. The van der Waals surface area contributed by atoms with E-state index in [4.69, 9.17) is 31.9 Å². The Morgan fingerprint density at radius 1 is 0.788 bits per heavy atom. The Morgan fingerprint density at radius 3 is 1.90 bits per heavy atom. The summed E-state index contributed by atoms with van der Waals surface area (Å²) in [7, 11) is 0. The fourth-order valence-electron chi connectivity index (χ4n) is 4.95. The molecule has 52 heavy (non-hydrogen) atoms. The van der Waals surface area contributed by atoms with Crippen molar-refractivity contribution in [3.8, 4) is 6.07 Å². The molecule has 2 aromatic heterocycles. The lowest BCUT2D eigenvalue weighted by atomic mass is 10.1. The number of anilines is 3. The number of hydrogen-bond donors (Lipinski definition) is 3. The third-order valence-electron chi connectivity index (χ3n) is 7.47. The second kappa shape index (κ2) is 17.9. The van der Waals surface area contributed by atoms with Crippen molar-refractivity contribution in [2.45, 2.75) is 27.7 Å². The third-order valence-corrected chi connectivity index (χ3v) is 7.88. The summed E-state index contributed by atoms with van der Waals surface area (Å²) in [6, 6.07) is 27.2. The van der Waals surface area contributed by atoms with Gasteiger partial charge in [0.15, 0.2) is 0 Å². The van der Waals surface area contributed by atoms with E-state index in [1.54, 1.807) is 50.2 Å². The maximum atomic E-state index is 12.4. The normalized spacial score (nSPS) is 10.2. The highest BCUT2D eigenvalue weighted by Gasteiger charge is 2.18. The van der Waals surface area contributed by atoms with Crippen LogP contribution in [0.4, 0.5) is 17.1 Å². The molecule has 0 fully saturated rings. The predicted octanol–water partition coefficient (Wildman–Crippen LogP) is 8.68. The van der Waals surface area contributed by atoms with Crippen molar-refractivity contribution in [1.29, 1.82) is 5.26 Å². The molecule has 11 nitrogen and oxygen atoms in total. The van der Waals surface area contributed by atoms with E-state index in [0.29, 0.717) is 45.4 Å². The van der Waals surface area contributed by atoms with E-state index in [2.05, 4.69) is 21.4 Å². The smallest absolute Gasteiger partial charge is 0.341 e. The Bertz CT molecular complexity index is 2300. The summed E-state index contributed by atoms with van der Waals surface area (Å²) in [6.07, 6.45) is 2.96. The van der Waals surface area contributed by atoms with Gasteiger partial charge < -0.3 is 25.6 Å². The molecule has 0 radical (unpaired) electrons. The molecule has 264 valence electrons. The van der Waals surface area contributed by atoms with Crippen LogP contribution in [0.5, 0.6) is 0 Å². The molecule has 12 heteroatoms. The molecular formula is C40H36ClN5O6. The molecule has 6 aromatic rings. The molecule has 0 saturated heterocycles. The number of nitrogens with one attached hydrogen (secondary N) is 1. The number of aryl methyl sites for hydroxylation is 2. The molecule has 0 bridgehead atoms. The van der Waals surface area contributed by atoms with Gasteiger partial charge in [-0.05, 0) is 76.2 Å². The SMILES string of the molecule is CCOC(=O)c1cnc2ccc(C)cc2c1Cl.CCOC(=O)c1cnc2ccc(C)cc2c1Nc1ccccc1C#N.Nc1ccccc1C(=O)O. The zero-order valence-electron chi connectivity index (χ0n) is 28.9. The summed E-state index contributed by atoms with van der Waals surface area (Å²) >= 11 is 6.20. The highest BCUT2D eigenvalue weighted by Crippen LogP contribution is 2.32. The Morgan fingerprint density at radius 2 is 1.33 bits per heavy atom. The summed E-state index contributed by atoms with van der Waals surface area (Å²) in [5.41, 5.74) is 11.8. The van der Waals surface area contributed by atoms with Crippen molar-refractivity contribution >= 4 is 68.4 Å². The molecule has 0 aliphatic rings. The highest BCUT2D eigenvalue weighted by molar-refractivity contribution is 6.38. The second-order valence-corrected chi connectivity index (χ2v) is 11.6. The van der Waals surface area contributed by atoms with Crippen molar-refractivity contribution in [2.24, 2.45) is 0 Å². The molecule has 0 amide bonds. The van der Waals surface area contributed by atoms with Gasteiger partial charge in [-0.25, -0.2) is 14.4 Å². The Hall–Kier alpha value is -6.51. The maximum Gasteiger partial charge on any atom is 0.341 e. The van der Waals surface area contributed by atoms with Crippen LogP contribution >= 0.6 is 11.6 Å². The number of aromatic carboxylic acids is 1. The largest absolute Gasteiger partial charge is 0.478 e. The van der Waals surface area contributed by atoms with Gasteiger partial charge in [0.1, 0.15) is 11.6 Å². The lowest BCUT2D eigenvalue weighted by Gasteiger charge is -2.15. The monoisotopic (exact) mass is 717 g/mol. The van der Waals surface area contributed by atoms with Crippen LogP contribution in [-0.2, 0) is 9.47 Å². The van der Waals surface area contributed by atoms with E-state index >= 15 is 0 Å². The van der Waals surface area contributed by atoms with Crippen LogP contribution < -0.4 is 11.1 Å². The first-order valence-corrected chi connectivity index (χ1v) is 16.5. The minimum Gasteiger partial charge on any atom is -0.478 e. The number of nitrogens with zero attached hydrogens (tertiary/aromatic N) is 3. The fraction of sp³-hybridized carbons (Fsp3) is 0.150. The van der Waals surface area contributed by atoms with E-state index in [9.17, 15) is 19.6 Å². The number of aromatic nitrogens is 2. The van der Waals surface area contributed by atoms with Crippen LogP contribution in [0.2, 0.25) is 5.02 Å². The number of para-hydroxylation sites is 2. The number of carbonyl (C=O) groups excluding carboxylic acids is 2. The summed E-state index contributed by atoms with van der Waals surface area (Å²) < 4.78 is 10.1. The van der Waals surface area contributed by atoms with Gasteiger partial charge in [-0.1, -0.05) is 59.1 Å². The molecule has 4 N–H and O–H groups in total. The minimum atomic E-state index is -0.988. The summed E-state index contributed by atoms with van der Waals surface area (Å²) in [4.78, 5) is 42.9. The number of carboxylic acid groups (broad SMARTS) is 1. The van der Waals surface area contributed by atoms with Crippen molar-refractivity contribution in [3.63, 3.8) is 0 Å². The van der Waals surface area contributed by atoms with Gasteiger partial charge in [0.2, 0.25) is 0 Å². The van der Waals surface area contributed by atoms with Gasteiger partial charge in [-0.3, -0.25) is 9.97 Å². The number of esters is 2. The molecule has 2 heterocycles. The summed E-state index contributed by atoms with van der Waals surface area (Å²) in [5.74, 6) is -1.87. The number of nitrogen functional groups attached to an aromatic ring is 1. The van der Waals surface area contributed by atoms with E-state index < -0.39 is 17.9 Å². The number of nitrogens with two attached hydrogens (primary N) is 1. The topological polar surface area (TPSA) is 178 Å². The number of pyridine rings is 2. The zero-order valence-corrected chi connectivity index (χ0v) is 29.7. The summed E-state index contributed by atoms with van der Waals surface area (Å²) in [5, 5.41) is 23.0. The number of halogens is 1. The number of carboxylic acids is 1. The molecule has 0 unspecified atom stereocenters. The van der Waals surface area contributed by atoms with Gasteiger partial charge in [0, 0.05) is 28.9 Å². The Balaban J connectivity index is 0.000000193. The third kappa shape index (κ3) is 9.38. The number of nitriles is 1. The number of carbonyl (C=O) groups is 3. The standard InChI is InChI=1S/C20H17N3O2.C13H12ClNO2.C7H7NO2/c1-3-25-20(24)16-12-22-18-9-8-13(2)10-15(18)19(16)23-17-7-5-4-6-14(17)11-21;1-3-17-13(16)10-7-15-11-5-4-8(2)6-9(11)12(10)14;8-6-4-2-1-3-5(6)7(9)10/h4-10,12H,3H2,1-2H3,(H,22,23);4-7H,3H2,1-2H3;1-4H,8H2,(H,9,10). The molecule has 0 aliphatic heterocycles. The molecule has 4 aromatic carbocycles. The predicted molar refractivity (Wildman–Crippen MR) is 202 cm³/mol. The van der Waals surface area contributed by atoms with E-state index in [1.807, 2.05) is 56.3 Å². The van der Waals surface area contributed by atoms with Crippen LogP contribution in [0.25, 0.3) is 21.8 Å². The average molecular weight is 718 g/mol. The lowest BCUT2D eigenvalue weighted by molar-refractivity contribution is 0.0517. The van der Waals surface area contributed by atoms with E-state index in [1.165, 1.54) is 18.5 Å². The lowest BCUT2D eigenvalue weighted by Crippen LogP contribution is -2.09. The second-order valence-electron chi connectivity index (χ2n) is 11.2. The van der Waals surface area contributed by atoms with Crippen molar-refractivity contribution in [2.75, 3.05) is 24.3 Å². The van der Waals surface area contributed by atoms with Crippen molar-refractivity contribution in [3.05, 3.63) is 136 Å². The van der Waals surface area contributed by atoms with Crippen LogP contribution in [-0.4, -0.2) is 46.2 Å². The molecular weight excluding hydrogens is 682 g/mol. The van der Waals surface area contributed by atoms with Crippen molar-refractivity contribution < 1.29 is 29.0 Å².